The van der Waals surface area contributed by atoms with Gasteiger partial charge in [-0.2, -0.15) is 12.6 Å². The number of ether oxygens (including phenoxy) is 1. The van der Waals surface area contributed by atoms with Crippen LogP contribution in [0.25, 0.3) is 6.08 Å². The minimum Gasteiger partial charge on any atom is -0.464 e. The third-order valence-electron chi connectivity index (χ3n) is 1.53. The van der Waals surface area contributed by atoms with Gasteiger partial charge in [0.25, 0.3) is 0 Å². The van der Waals surface area contributed by atoms with Crippen LogP contribution in [-0.4, -0.2) is 22.3 Å². The molecule has 3 nitrogen and oxygen atoms in total. The largest absolute Gasteiger partial charge is 0.464 e. The molecule has 0 unspecified atom stereocenters. The topological polar surface area (TPSA) is 35.0 Å². The fourth-order valence-corrected chi connectivity index (χ4v) is 1.06. The maximum absolute atomic E-state index is 5.13. The van der Waals surface area contributed by atoms with Crippen molar-refractivity contribution in [3.63, 3.8) is 0 Å². The molecule has 0 radical (unpaired) electrons. The van der Waals surface area contributed by atoms with E-state index in [1.165, 1.54) is 0 Å². The van der Waals surface area contributed by atoms with Gasteiger partial charge in [-0.15, -0.1) is 0 Å². The normalized spacial score (nSPS) is 10.7. The Morgan fingerprint density at radius 1 is 1.43 bits per heavy atom. The van der Waals surface area contributed by atoms with Crippen molar-refractivity contribution < 1.29 is 4.74 Å². The summed E-state index contributed by atoms with van der Waals surface area (Å²) < 4.78 is 5.13. The second kappa shape index (κ2) is 6.43. The van der Waals surface area contributed by atoms with Gasteiger partial charge >= 0.3 is 6.01 Å². The first-order valence-electron chi connectivity index (χ1n) is 4.59. The Morgan fingerprint density at radius 2 is 2.14 bits per heavy atom. The molecule has 0 fully saturated rings. The van der Waals surface area contributed by atoms with Gasteiger partial charge in [-0.3, -0.25) is 0 Å². The van der Waals surface area contributed by atoms with Gasteiger partial charge < -0.3 is 4.74 Å². The van der Waals surface area contributed by atoms with Crippen LogP contribution in [0.2, 0.25) is 0 Å². The van der Waals surface area contributed by atoms with Crippen LogP contribution in [-0.2, 0) is 0 Å². The highest BCUT2D eigenvalue weighted by molar-refractivity contribution is 7.80. The third kappa shape index (κ3) is 3.79. The fourth-order valence-electron chi connectivity index (χ4n) is 0.910. The number of allylic oxidation sites excluding steroid dienone is 1. The molecule has 4 heteroatoms. The first-order valence-corrected chi connectivity index (χ1v) is 5.22. The van der Waals surface area contributed by atoms with Gasteiger partial charge in [-0.25, -0.2) is 9.97 Å². The Morgan fingerprint density at radius 3 is 2.71 bits per heavy atom. The molecule has 76 valence electrons. The average molecular weight is 210 g/mol. The molecular weight excluding hydrogens is 196 g/mol. The molecular formula is C10H14N2OS. The second-order valence-electron chi connectivity index (χ2n) is 2.65. The maximum atomic E-state index is 5.13. The molecule has 0 aromatic carbocycles. The van der Waals surface area contributed by atoms with E-state index in [4.69, 9.17) is 4.74 Å². The van der Waals surface area contributed by atoms with Gasteiger partial charge in [0.1, 0.15) is 0 Å². The lowest BCUT2D eigenvalue weighted by Gasteiger charge is -1.99. The molecule has 0 aliphatic heterocycles. The van der Waals surface area contributed by atoms with Crippen LogP contribution < -0.4 is 4.74 Å². The number of thiol groups is 1. The van der Waals surface area contributed by atoms with E-state index in [1.807, 2.05) is 19.1 Å². The number of hydrogen-bond acceptors (Lipinski definition) is 4. The lowest BCUT2D eigenvalue weighted by Crippen LogP contribution is -1.96. The van der Waals surface area contributed by atoms with Crippen LogP contribution in [0.1, 0.15) is 18.9 Å². The minimum absolute atomic E-state index is 0.429. The van der Waals surface area contributed by atoms with Crippen molar-refractivity contribution in [2.45, 2.75) is 13.3 Å². The summed E-state index contributed by atoms with van der Waals surface area (Å²) >= 11 is 4.11. The van der Waals surface area contributed by atoms with Crippen molar-refractivity contribution in [2.75, 3.05) is 12.4 Å². The van der Waals surface area contributed by atoms with E-state index in [0.717, 1.165) is 17.7 Å². The van der Waals surface area contributed by atoms with Crippen molar-refractivity contribution in [1.29, 1.82) is 0 Å². The van der Waals surface area contributed by atoms with Gasteiger partial charge in [0.05, 0.1) is 6.61 Å². The van der Waals surface area contributed by atoms with E-state index in [0.29, 0.717) is 12.6 Å². The summed E-state index contributed by atoms with van der Waals surface area (Å²) in [4.78, 5) is 8.09. The van der Waals surface area contributed by atoms with Crippen molar-refractivity contribution in [2.24, 2.45) is 0 Å². The predicted molar refractivity (Wildman–Crippen MR) is 60.7 cm³/mol. The lowest BCUT2D eigenvalue weighted by atomic mass is 10.3. The zero-order valence-electron chi connectivity index (χ0n) is 8.18. The van der Waals surface area contributed by atoms with Crippen LogP contribution in [0.4, 0.5) is 0 Å². The van der Waals surface area contributed by atoms with Crippen molar-refractivity contribution in [3.8, 4) is 6.01 Å². The standard InChI is InChI=1S/C10H14N2OS/c1-2-13-10-11-7-9(8-12-10)5-3-4-6-14/h3,5,7-8,14H,2,4,6H2,1H3. The van der Waals surface area contributed by atoms with E-state index in [-0.39, 0.29) is 0 Å². The van der Waals surface area contributed by atoms with Crippen molar-refractivity contribution >= 4 is 18.7 Å². The highest BCUT2D eigenvalue weighted by Crippen LogP contribution is 2.04. The summed E-state index contributed by atoms with van der Waals surface area (Å²) in [7, 11) is 0. The molecule has 1 aromatic heterocycles. The molecule has 0 aliphatic carbocycles. The van der Waals surface area contributed by atoms with E-state index < -0.39 is 0 Å². The van der Waals surface area contributed by atoms with Gasteiger partial charge in [0.2, 0.25) is 0 Å². The smallest absolute Gasteiger partial charge is 0.316 e. The molecule has 0 aliphatic rings. The van der Waals surface area contributed by atoms with Crippen molar-refractivity contribution in [1.82, 2.24) is 9.97 Å². The minimum atomic E-state index is 0.429. The summed E-state index contributed by atoms with van der Waals surface area (Å²) in [5, 5.41) is 0. The highest BCUT2D eigenvalue weighted by Gasteiger charge is 1.93. The SMILES string of the molecule is CCOc1ncc(C=CCCS)cn1. The van der Waals surface area contributed by atoms with E-state index in [9.17, 15) is 0 Å². The zero-order valence-corrected chi connectivity index (χ0v) is 9.08. The molecule has 0 spiro atoms. The number of hydrogen-bond donors (Lipinski definition) is 1. The average Bonchev–Trinajstić information content (AvgIpc) is 2.21. The summed E-state index contributed by atoms with van der Waals surface area (Å²) in [5.74, 6) is 0.856. The van der Waals surface area contributed by atoms with Gasteiger partial charge in [0.15, 0.2) is 0 Å². The Bertz CT molecular complexity index is 285. The predicted octanol–water partition coefficient (Wildman–Crippen LogP) is 2.21. The first kappa shape index (κ1) is 11.0. The van der Waals surface area contributed by atoms with Crippen LogP contribution in [0.15, 0.2) is 18.5 Å². The summed E-state index contributed by atoms with van der Waals surface area (Å²) in [6.45, 7) is 2.50. The van der Waals surface area contributed by atoms with Crippen molar-refractivity contribution in [3.05, 3.63) is 24.0 Å². The van der Waals surface area contributed by atoms with Gasteiger partial charge in [0, 0.05) is 18.0 Å². The summed E-state index contributed by atoms with van der Waals surface area (Å²) in [5.41, 5.74) is 0.982. The van der Waals surface area contributed by atoms with Gasteiger partial charge in [-0.1, -0.05) is 12.2 Å². The molecule has 0 atom stereocenters. The first-order chi connectivity index (χ1) is 6.86. The molecule has 1 rings (SSSR count). The molecule has 14 heavy (non-hydrogen) atoms. The molecule has 0 bridgehead atoms. The maximum Gasteiger partial charge on any atom is 0.316 e. The monoisotopic (exact) mass is 210 g/mol. The van der Waals surface area contributed by atoms with Crippen LogP contribution in [0, 0.1) is 0 Å². The molecule has 0 N–H and O–H groups in total. The summed E-state index contributed by atoms with van der Waals surface area (Å²) in [6, 6.07) is 0.429. The van der Waals surface area contributed by atoms with Crippen LogP contribution in [0.3, 0.4) is 0 Å². The third-order valence-corrected chi connectivity index (χ3v) is 1.79. The number of aromatic nitrogens is 2. The van der Waals surface area contributed by atoms with E-state index >= 15 is 0 Å². The Labute approximate surface area is 89.6 Å². The molecule has 0 amide bonds. The number of nitrogens with zero attached hydrogens (tertiary/aromatic N) is 2. The molecule has 1 aromatic rings. The summed E-state index contributed by atoms with van der Waals surface area (Å²) in [6.07, 6.45) is 8.47. The Hall–Kier alpha value is -1.03. The van der Waals surface area contributed by atoms with E-state index in [2.05, 4.69) is 22.6 Å². The Kier molecular flexibility index (Phi) is 5.07. The van der Waals surface area contributed by atoms with Crippen LogP contribution in [0.5, 0.6) is 6.01 Å². The quantitative estimate of drug-likeness (QED) is 0.757. The lowest BCUT2D eigenvalue weighted by molar-refractivity contribution is 0.312. The second-order valence-corrected chi connectivity index (χ2v) is 3.09. The van der Waals surface area contributed by atoms with E-state index in [1.54, 1.807) is 12.4 Å². The highest BCUT2D eigenvalue weighted by atomic mass is 32.1. The van der Waals surface area contributed by atoms with Crippen LogP contribution >= 0.6 is 12.6 Å². The Balaban J connectivity index is 2.54. The molecule has 1 heterocycles. The zero-order chi connectivity index (χ0) is 10.2. The molecule has 0 saturated carbocycles. The molecule has 0 saturated heterocycles. The van der Waals surface area contributed by atoms with Gasteiger partial charge in [-0.05, 0) is 19.1 Å². The fraction of sp³-hybridized carbons (Fsp3) is 0.400. The number of rotatable bonds is 5.